The van der Waals surface area contributed by atoms with E-state index in [0.717, 1.165) is 24.4 Å². The van der Waals surface area contributed by atoms with Crippen LogP contribution < -0.4 is 11.0 Å². The van der Waals surface area contributed by atoms with Crippen molar-refractivity contribution < 1.29 is 9.21 Å². The number of furan rings is 1. The lowest BCUT2D eigenvalue weighted by molar-refractivity contribution is 0.0950. The van der Waals surface area contributed by atoms with Gasteiger partial charge in [0.05, 0.1) is 18.7 Å². The summed E-state index contributed by atoms with van der Waals surface area (Å²) in [6.07, 6.45) is 0. The zero-order valence-corrected chi connectivity index (χ0v) is 15.4. The number of hydrogen-bond donors (Lipinski definition) is 3. The first-order valence-corrected chi connectivity index (χ1v) is 8.93. The van der Waals surface area contributed by atoms with Crippen molar-refractivity contribution in [2.45, 2.75) is 26.9 Å². The number of rotatable bonds is 8. The van der Waals surface area contributed by atoms with Crippen LogP contribution >= 0.6 is 0 Å². The van der Waals surface area contributed by atoms with Crippen molar-refractivity contribution in [3.8, 4) is 11.3 Å². The molecule has 0 unspecified atom stereocenters. The minimum absolute atomic E-state index is 0.113. The number of hydrogen-bond acceptors (Lipinski definition) is 5. The Kier molecular flexibility index (Phi) is 5.87. The first-order chi connectivity index (χ1) is 13.1. The van der Waals surface area contributed by atoms with Gasteiger partial charge in [-0.1, -0.05) is 44.2 Å². The molecule has 8 heteroatoms. The third kappa shape index (κ3) is 4.53. The molecule has 3 aromatic rings. The molecule has 3 rings (SSSR count). The fourth-order valence-electron chi connectivity index (χ4n) is 2.81. The standard InChI is InChI=1S/C19H23N5O3/c1-3-24(4-2)12-14-10-15(17(27-14)13-8-6-5-7-9-13)18(25)20-11-16-21-19(26)23-22-16/h5-10H,3-4,11-12H2,1-2H3,(H,20,25)(H2,21,22,23,26). The van der Waals surface area contributed by atoms with Crippen LogP contribution in [-0.4, -0.2) is 39.1 Å². The Labute approximate surface area is 156 Å². The van der Waals surface area contributed by atoms with Gasteiger partial charge in [0.2, 0.25) is 0 Å². The van der Waals surface area contributed by atoms with E-state index in [1.165, 1.54) is 0 Å². The van der Waals surface area contributed by atoms with E-state index in [2.05, 4.69) is 39.2 Å². The molecule has 0 spiro atoms. The maximum absolute atomic E-state index is 12.7. The molecule has 0 aliphatic rings. The van der Waals surface area contributed by atoms with Gasteiger partial charge in [0.15, 0.2) is 0 Å². The number of aromatic amines is 2. The van der Waals surface area contributed by atoms with E-state index in [1.807, 2.05) is 30.3 Å². The van der Waals surface area contributed by atoms with E-state index in [1.54, 1.807) is 6.07 Å². The molecule has 27 heavy (non-hydrogen) atoms. The summed E-state index contributed by atoms with van der Waals surface area (Å²) in [4.78, 5) is 28.6. The highest BCUT2D eigenvalue weighted by atomic mass is 16.3. The Balaban J connectivity index is 1.85. The van der Waals surface area contributed by atoms with E-state index in [4.69, 9.17) is 4.42 Å². The molecular formula is C19H23N5O3. The van der Waals surface area contributed by atoms with Crippen LogP contribution in [0.2, 0.25) is 0 Å². The third-order valence-corrected chi connectivity index (χ3v) is 4.30. The quantitative estimate of drug-likeness (QED) is 0.564. The van der Waals surface area contributed by atoms with E-state index < -0.39 is 5.69 Å². The minimum atomic E-state index is -0.408. The topological polar surface area (TPSA) is 107 Å². The molecule has 0 aliphatic heterocycles. The van der Waals surface area contributed by atoms with Gasteiger partial charge in [-0.3, -0.25) is 14.7 Å². The van der Waals surface area contributed by atoms with Gasteiger partial charge in [0, 0.05) is 5.56 Å². The third-order valence-electron chi connectivity index (χ3n) is 4.30. The summed E-state index contributed by atoms with van der Waals surface area (Å²) in [5, 5.41) is 8.83. The van der Waals surface area contributed by atoms with Crippen molar-refractivity contribution in [3.05, 3.63) is 64.0 Å². The zero-order chi connectivity index (χ0) is 19.2. The number of carbonyl (C=O) groups excluding carboxylic acids is 1. The molecule has 0 saturated heterocycles. The summed E-state index contributed by atoms with van der Waals surface area (Å²) < 4.78 is 6.03. The number of carbonyl (C=O) groups is 1. The largest absolute Gasteiger partial charge is 0.459 e. The molecule has 3 N–H and O–H groups in total. The highest BCUT2D eigenvalue weighted by Gasteiger charge is 2.20. The van der Waals surface area contributed by atoms with E-state index in [-0.39, 0.29) is 12.5 Å². The normalized spacial score (nSPS) is 11.1. The lowest BCUT2D eigenvalue weighted by Crippen LogP contribution is -2.24. The van der Waals surface area contributed by atoms with E-state index in [0.29, 0.717) is 23.7 Å². The van der Waals surface area contributed by atoms with Crippen LogP contribution in [0.25, 0.3) is 11.3 Å². The smallest absolute Gasteiger partial charge is 0.340 e. The van der Waals surface area contributed by atoms with Crippen LogP contribution in [0.1, 0.15) is 35.8 Å². The second kappa shape index (κ2) is 8.50. The predicted octanol–water partition coefficient (Wildman–Crippen LogP) is 2.13. The molecule has 0 aliphatic carbocycles. The van der Waals surface area contributed by atoms with Crippen molar-refractivity contribution >= 4 is 5.91 Å². The molecule has 0 radical (unpaired) electrons. The number of nitrogens with one attached hydrogen (secondary N) is 3. The second-order valence-electron chi connectivity index (χ2n) is 6.09. The highest BCUT2D eigenvalue weighted by Crippen LogP contribution is 2.28. The van der Waals surface area contributed by atoms with Crippen LogP contribution in [0.4, 0.5) is 0 Å². The molecule has 142 valence electrons. The van der Waals surface area contributed by atoms with Gasteiger partial charge in [-0.05, 0) is 19.2 Å². The number of amides is 1. The monoisotopic (exact) mass is 369 g/mol. The molecule has 0 atom stereocenters. The molecule has 2 aromatic heterocycles. The average Bonchev–Trinajstić information content (AvgIpc) is 3.31. The summed E-state index contributed by atoms with van der Waals surface area (Å²) in [5.74, 6) is 1.34. The number of benzene rings is 1. The van der Waals surface area contributed by atoms with Gasteiger partial charge in [-0.25, -0.2) is 9.89 Å². The van der Waals surface area contributed by atoms with Gasteiger partial charge >= 0.3 is 5.69 Å². The van der Waals surface area contributed by atoms with Crippen molar-refractivity contribution in [1.82, 2.24) is 25.4 Å². The molecule has 0 bridgehead atoms. The SMILES string of the molecule is CCN(CC)Cc1cc(C(=O)NCc2n[nH]c(=O)[nH]2)c(-c2ccccc2)o1. The summed E-state index contributed by atoms with van der Waals surface area (Å²) in [6, 6.07) is 11.3. The summed E-state index contributed by atoms with van der Waals surface area (Å²) in [7, 11) is 0. The lowest BCUT2D eigenvalue weighted by atomic mass is 10.1. The summed E-state index contributed by atoms with van der Waals surface area (Å²) in [6.45, 7) is 6.71. The second-order valence-corrected chi connectivity index (χ2v) is 6.09. The fraction of sp³-hybridized carbons (Fsp3) is 0.316. The zero-order valence-electron chi connectivity index (χ0n) is 15.4. The maximum Gasteiger partial charge on any atom is 0.340 e. The van der Waals surface area contributed by atoms with Crippen LogP contribution in [0.5, 0.6) is 0 Å². The van der Waals surface area contributed by atoms with E-state index in [9.17, 15) is 9.59 Å². The van der Waals surface area contributed by atoms with Gasteiger partial charge in [0.25, 0.3) is 5.91 Å². The molecular weight excluding hydrogens is 346 g/mol. The molecule has 0 saturated carbocycles. The maximum atomic E-state index is 12.7. The Bertz CT molecular complexity index is 938. The van der Waals surface area contributed by atoms with Crippen LogP contribution in [0.3, 0.4) is 0 Å². The first kappa shape index (κ1) is 18.7. The number of H-pyrrole nitrogens is 2. The van der Waals surface area contributed by atoms with Crippen molar-refractivity contribution in [1.29, 1.82) is 0 Å². The summed E-state index contributed by atoms with van der Waals surface area (Å²) >= 11 is 0. The van der Waals surface area contributed by atoms with Crippen molar-refractivity contribution in [2.24, 2.45) is 0 Å². The molecule has 1 aromatic carbocycles. The minimum Gasteiger partial charge on any atom is -0.459 e. The predicted molar refractivity (Wildman–Crippen MR) is 101 cm³/mol. The summed E-state index contributed by atoms with van der Waals surface area (Å²) in [5.41, 5.74) is 0.886. The molecule has 2 heterocycles. The fourth-order valence-corrected chi connectivity index (χ4v) is 2.81. The van der Waals surface area contributed by atoms with Crippen LogP contribution in [0.15, 0.2) is 45.6 Å². The number of nitrogens with zero attached hydrogens (tertiary/aromatic N) is 2. The van der Waals surface area contributed by atoms with Crippen LogP contribution in [-0.2, 0) is 13.1 Å². The lowest BCUT2D eigenvalue weighted by Gasteiger charge is -2.15. The van der Waals surface area contributed by atoms with Gasteiger partial charge in [0.1, 0.15) is 17.3 Å². The average molecular weight is 369 g/mol. The van der Waals surface area contributed by atoms with Crippen molar-refractivity contribution in [2.75, 3.05) is 13.1 Å². The van der Waals surface area contributed by atoms with E-state index >= 15 is 0 Å². The Hall–Kier alpha value is -3.13. The van der Waals surface area contributed by atoms with Gasteiger partial charge in [-0.2, -0.15) is 5.10 Å². The Morgan fingerprint density at radius 3 is 2.59 bits per heavy atom. The van der Waals surface area contributed by atoms with Gasteiger partial charge in [-0.15, -0.1) is 0 Å². The van der Waals surface area contributed by atoms with Gasteiger partial charge < -0.3 is 9.73 Å². The number of aromatic nitrogens is 3. The Morgan fingerprint density at radius 1 is 1.22 bits per heavy atom. The van der Waals surface area contributed by atoms with Crippen LogP contribution in [0, 0.1) is 0 Å². The Morgan fingerprint density at radius 2 is 1.96 bits per heavy atom. The molecule has 1 amide bonds. The first-order valence-electron chi connectivity index (χ1n) is 8.93. The highest BCUT2D eigenvalue weighted by molar-refractivity contribution is 5.99. The molecule has 8 nitrogen and oxygen atoms in total. The molecule has 0 fully saturated rings. The van der Waals surface area contributed by atoms with Crippen molar-refractivity contribution in [3.63, 3.8) is 0 Å².